The summed E-state index contributed by atoms with van der Waals surface area (Å²) in [6.07, 6.45) is 6.57. The zero-order valence-electron chi connectivity index (χ0n) is 12.9. The van der Waals surface area contributed by atoms with Gasteiger partial charge in [0.1, 0.15) is 6.61 Å². The molecule has 118 valence electrons. The largest absolute Gasteiger partial charge is 0.447 e. The average Bonchev–Trinajstić information content (AvgIpc) is 3.16. The second kappa shape index (κ2) is 6.95. The molecule has 0 N–H and O–H groups in total. The summed E-state index contributed by atoms with van der Waals surface area (Å²) in [5, 5.41) is 0. The lowest BCUT2D eigenvalue weighted by atomic mass is 10.0. The van der Waals surface area contributed by atoms with Crippen molar-refractivity contribution in [2.45, 2.75) is 51.0 Å². The Bertz CT molecular complexity index is 522. The molecule has 1 saturated heterocycles. The van der Waals surface area contributed by atoms with E-state index in [-0.39, 0.29) is 11.9 Å². The number of nitrogens with zero attached hydrogens (tertiary/aromatic N) is 1. The van der Waals surface area contributed by atoms with Gasteiger partial charge in [0.25, 0.3) is 0 Å². The molecule has 3 rings (SSSR count). The molecule has 1 atom stereocenters. The van der Waals surface area contributed by atoms with Gasteiger partial charge in [0.15, 0.2) is 0 Å². The zero-order valence-corrected chi connectivity index (χ0v) is 12.9. The number of benzene rings is 1. The Balaban J connectivity index is 1.58. The van der Waals surface area contributed by atoms with Crippen LogP contribution in [0.15, 0.2) is 30.3 Å². The summed E-state index contributed by atoms with van der Waals surface area (Å²) in [6, 6.07) is 9.78. The number of hydrogen-bond acceptors (Lipinski definition) is 3. The fraction of sp³-hybridized carbons (Fsp3) is 0.556. The van der Waals surface area contributed by atoms with E-state index in [1.54, 1.807) is 0 Å². The number of carbonyl (C=O) groups excluding carboxylic acids is 2. The normalized spacial score (nSPS) is 22.1. The van der Waals surface area contributed by atoms with Crippen LogP contribution in [-0.4, -0.2) is 29.5 Å². The summed E-state index contributed by atoms with van der Waals surface area (Å²) in [5.74, 6) is 0.588. The van der Waals surface area contributed by atoms with E-state index in [1.807, 2.05) is 30.3 Å². The predicted molar refractivity (Wildman–Crippen MR) is 83.3 cm³/mol. The van der Waals surface area contributed by atoms with Gasteiger partial charge in [-0.3, -0.25) is 4.79 Å². The van der Waals surface area contributed by atoms with Crippen LogP contribution in [-0.2, 0) is 16.0 Å². The molecule has 2 aliphatic rings. The zero-order chi connectivity index (χ0) is 15.4. The molecule has 0 bridgehead atoms. The summed E-state index contributed by atoms with van der Waals surface area (Å²) in [4.78, 5) is 25.7. The summed E-state index contributed by atoms with van der Waals surface area (Å²) in [6.45, 7) is 0.308. The molecule has 0 unspecified atom stereocenters. The number of carbonyl (C=O) groups is 2. The molecule has 4 nitrogen and oxygen atoms in total. The first-order valence-corrected chi connectivity index (χ1v) is 8.27. The number of rotatable bonds is 5. The fourth-order valence-electron chi connectivity index (χ4n) is 3.55. The van der Waals surface area contributed by atoms with Gasteiger partial charge in [0.05, 0.1) is 6.04 Å². The topological polar surface area (TPSA) is 46.6 Å². The minimum Gasteiger partial charge on any atom is -0.447 e. The predicted octanol–water partition coefficient (Wildman–Crippen LogP) is 3.55. The molecule has 0 aromatic heterocycles. The third kappa shape index (κ3) is 3.49. The second-order valence-corrected chi connectivity index (χ2v) is 6.37. The number of ether oxygens (including phenoxy) is 1. The van der Waals surface area contributed by atoms with Crippen LogP contribution in [0.4, 0.5) is 4.79 Å². The van der Waals surface area contributed by atoms with Crippen LogP contribution in [0.1, 0.15) is 44.1 Å². The summed E-state index contributed by atoms with van der Waals surface area (Å²) in [5.41, 5.74) is 1.12. The Morgan fingerprint density at radius 3 is 2.64 bits per heavy atom. The smallest absolute Gasteiger partial charge is 0.416 e. The van der Waals surface area contributed by atoms with E-state index in [1.165, 1.54) is 30.6 Å². The van der Waals surface area contributed by atoms with Crippen molar-refractivity contribution in [3.8, 4) is 0 Å². The van der Waals surface area contributed by atoms with Gasteiger partial charge in [-0.15, -0.1) is 0 Å². The third-order valence-corrected chi connectivity index (χ3v) is 4.79. The lowest BCUT2D eigenvalue weighted by Crippen LogP contribution is -2.40. The van der Waals surface area contributed by atoms with Crippen molar-refractivity contribution in [2.75, 3.05) is 6.61 Å². The molecule has 2 amide bonds. The van der Waals surface area contributed by atoms with Crippen molar-refractivity contribution in [2.24, 2.45) is 5.92 Å². The standard InChI is InChI=1S/C18H23NO3/c20-17(11-10-14-6-4-5-7-14)19-16(13-22-18(19)21)12-15-8-2-1-3-9-15/h1-3,8-9,14,16H,4-7,10-13H2/t16-/m1/s1. The van der Waals surface area contributed by atoms with Crippen molar-refractivity contribution in [3.05, 3.63) is 35.9 Å². The number of amides is 2. The summed E-state index contributed by atoms with van der Waals surface area (Å²) >= 11 is 0. The number of imide groups is 1. The monoisotopic (exact) mass is 301 g/mol. The fourth-order valence-corrected chi connectivity index (χ4v) is 3.55. The van der Waals surface area contributed by atoms with Gasteiger partial charge in [-0.1, -0.05) is 56.0 Å². The van der Waals surface area contributed by atoms with E-state index in [2.05, 4.69) is 0 Å². The van der Waals surface area contributed by atoms with E-state index < -0.39 is 6.09 Å². The molecule has 1 aliphatic carbocycles. The molecule has 0 spiro atoms. The number of cyclic esters (lactones) is 1. The SMILES string of the molecule is O=C(CCC1CCCC1)N1C(=O)OC[C@H]1Cc1ccccc1. The van der Waals surface area contributed by atoms with Crippen molar-refractivity contribution in [1.82, 2.24) is 4.90 Å². The van der Waals surface area contributed by atoms with Gasteiger partial charge in [0.2, 0.25) is 5.91 Å². The molecule has 2 fully saturated rings. The molecule has 1 heterocycles. The molecule has 1 aromatic carbocycles. The quantitative estimate of drug-likeness (QED) is 0.835. The minimum atomic E-state index is -0.475. The first-order chi connectivity index (χ1) is 10.7. The number of hydrogen-bond donors (Lipinski definition) is 0. The minimum absolute atomic E-state index is 0.0738. The van der Waals surface area contributed by atoms with Gasteiger partial charge in [0, 0.05) is 6.42 Å². The van der Waals surface area contributed by atoms with E-state index in [0.717, 1.165) is 12.0 Å². The maximum Gasteiger partial charge on any atom is 0.416 e. The Labute approximate surface area is 131 Å². The Morgan fingerprint density at radius 1 is 1.18 bits per heavy atom. The maximum atomic E-state index is 12.4. The molecule has 0 radical (unpaired) electrons. The average molecular weight is 301 g/mol. The van der Waals surface area contributed by atoms with E-state index in [0.29, 0.717) is 25.4 Å². The van der Waals surface area contributed by atoms with E-state index >= 15 is 0 Å². The molecule has 1 aliphatic heterocycles. The van der Waals surface area contributed by atoms with Crippen molar-refractivity contribution < 1.29 is 14.3 Å². The third-order valence-electron chi connectivity index (χ3n) is 4.79. The highest BCUT2D eigenvalue weighted by Crippen LogP contribution is 2.29. The summed E-state index contributed by atoms with van der Waals surface area (Å²) in [7, 11) is 0. The molecular weight excluding hydrogens is 278 g/mol. The highest BCUT2D eigenvalue weighted by molar-refractivity contribution is 5.93. The van der Waals surface area contributed by atoms with Crippen molar-refractivity contribution in [3.63, 3.8) is 0 Å². The van der Waals surface area contributed by atoms with Crippen LogP contribution in [0.3, 0.4) is 0 Å². The van der Waals surface area contributed by atoms with Gasteiger partial charge in [-0.25, -0.2) is 9.69 Å². The van der Waals surface area contributed by atoms with E-state index in [4.69, 9.17) is 4.74 Å². The highest BCUT2D eigenvalue weighted by Gasteiger charge is 2.37. The van der Waals surface area contributed by atoms with Crippen molar-refractivity contribution in [1.29, 1.82) is 0 Å². The molecule has 4 heteroatoms. The van der Waals surface area contributed by atoms with Crippen LogP contribution in [0.5, 0.6) is 0 Å². The van der Waals surface area contributed by atoms with Gasteiger partial charge >= 0.3 is 6.09 Å². The second-order valence-electron chi connectivity index (χ2n) is 6.37. The molecule has 1 aromatic rings. The Morgan fingerprint density at radius 2 is 1.91 bits per heavy atom. The maximum absolute atomic E-state index is 12.4. The van der Waals surface area contributed by atoms with Crippen LogP contribution in [0.2, 0.25) is 0 Å². The molecule has 22 heavy (non-hydrogen) atoms. The lowest BCUT2D eigenvalue weighted by molar-refractivity contribution is -0.129. The molecule has 1 saturated carbocycles. The van der Waals surface area contributed by atoms with E-state index in [9.17, 15) is 9.59 Å². The first-order valence-electron chi connectivity index (χ1n) is 8.27. The Kier molecular flexibility index (Phi) is 4.76. The summed E-state index contributed by atoms with van der Waals surface area (Å²) < 4.78 is 5.11. The highest BCUT2D eigenvalue weighted by atomic mass is 16.6. The van der Waals surface area contributed by atoms with Crippen LogP contribution in [0, 0.1) is 5.92 Å². The van der Waals surface area contributed by atoms with Crippen LogP contribution < -0.4 is 0 Å². The van der Waals surface area contributed by atoms with Gasteiger partial charge in [-0.2, -0.15) is 0 Å². The van der Waals surface area contributed by atoms with Gasteiger partial charge < -0.3 is 4.74 Å². The van der Waals surface area contributed by atoms with Gasteiger partial charge in [-0.05, 0) is 24.3 Å². The Hall–Kier alpha value is -1.84. The lowest BCUT2D eigenvalue weighted by Gasteiger charge is -2.20. The first kappa shape index (κ1) is 15.1. The van der Waals surface area contributed by atoms with Crippen LogP contribution >= 0.6 is 0 Å². The molecular formula is C18H23NO3. The van der Waals surface area contributed by atoms with Crippen molar-refractivity contribution >= 4 is 12.0 Å². The van der Waals surface area contributed by atoms with Crippen LogP contribution in [0.25, 0.3) is 0 Å².